The summed E-state index contributed by atoms with van der Waals surface area (Å²) in [5.74, 6) is -0.896. The largest absolute Gasteiger partial charge is 0.478 e. The Bertz CT molecular complexity index is 1320. The van der Waals surface area contributed by atoms with Crippen molar-refractivity contribution in [2.75, 3.05) is 13.1 Å². The standard InChI is InChI=1S/C26H22N2O2/c1-2-28-15-20(14-17-11-12-18-7-3-4-8-19(18)13-17)25-22(16-28)24(26(29)30)21-9-5-6-10-23(21)27-25/h3-14H,2,15-16H2,1H3,(H,29,30)/b20-14-. The molecule has 0 saturated heterocycles. The molecule has 3 aromatic carbocycles. The van der Waals surface area contributed by atoms with Gasteiger partial charge in [-0.3, -0.25) is 4.90 Å². The van der Waals surface area contributed by atoms with Gasteiger partial charge in [-0.25, -0.2) is 9.78 Å². The zero-order chi connectivity index (χ0) is 20.7. The third kappa shape index (κ3) is 3.15. The summed E-state index contributed by atoms with van der Waals surface area (Å²) in [7, 11) is 0. The number of para-hydroxylation sites is 1. The van der Waals surface area contributed by atoms with E-state index in [0.717, 1.165) is 41.0 Å². The molecule has 0 fully saturated rings. The first-order valence-corrected chi connectivity index (χ1v) is 10.2. The number of aromatic nitrogens is 1. The molecule has 4 aromatic rings. The van der Waals surface area contributed by atoms with Crippen molar-refractivity contribution in [1.82, 2.24) is 9.88 Å². The second-order valence-electron chi connectivity index (χ2n) is 7.72. The molecule has 0 saturated carbocycles. The molecule has 0 unspecified atom stereocenters. The van der Waals surface area contributed by atoms with E-state index >= 15 is 0 Å². The van der Waals surface area contributed by atoms with Gasteiger partial charge in [-0.2, -0.15) is 0 Å². The van der Waals surface area contributed by atoms with E-state index in [2.05, 4.69) is 48.2 Å². The minimum absolute atomic E-state index is 0.373. The van der Waals surface area contributed by atoms with Crippen molar-refractivity contribution in [3.8, 4) is 0 Å². The molecule has 1 aromatic heterocycles. The molecule has 1 N–H and O–H groups in total. The number of aromatic carboxylic acids is 1. The molecular formula is C26H22N2O2. The maximum Gasteiger partial charge on any atom is 0.336 e. The fourth-order valence-corrected chi connectivity index (χ4v) is 4.35. The highest BCUT2D eigenvalue weighted by atomic mass is 16.4. The summed E-state index contributed by atoms with van der Waals surface area (Å²) < 4.78 is 0. The van der Waals surface area contributed by atoms with Crippen LogP contribution in [0.25, 0.3) is 33.3 Å². The molecule has 4 nitrogen and oxygen atoms in total. The highest BCUT2D eigenvalue weighted by Crippen LogP contribution is 2.34. The number of pyridine rings is 1. The van der Waals surface area contributed by atoms with Crippen molar-refractivity contribution in [3.63, 3.8) is 0 Å². The van der Waals surface area contributed by atoms with E-state index in [-0.39, 0.29) is 0 Å². The van der Waals surface area contributed by atoms with Gasteiger partial charge in [-0.1, -0.05) is 61.5 Å². The maximum atomic E-state index is 12.2. The van der Waals surface area contributed by atoms with Gasteiger partial charge in [0.05, 0.1) is 16.8 Å². The maximum absolute atomic E-state index is 12.2. The van der Waals surface area contributed by atoms with Crippen molar-refractivity contribution >= 4 is 39.3 Å². The van der Waals surface area contributed by atoms with E-state index in [1.54, 1.807) is 0 Å². The molecule has 2 heterocycles. The Hall–Kier alpha value is -3.50. The molecule has 0 atom stereocenters. The average molecular weight is 394 g/mol. The molecule has 0 bridgehead atoms. The molecule has 5 rings (SSSR count). The minimum atomic E-state index is -0.896. The van der Waals surface area contributed by atoms with E-state index in [0.29, 0.717) is 17.5 Å². The summed E-state index contributed by atoms with van der Waals surface area (Å²) in [6.45, 7) is 4.30. The molecule has 0 spiro atoms. The average Bonchev–Trinajstić information content (AvgIpc) is 2.77. The van der Waals surface area contributed by atoms with E-state index < -0.39 is 5.97 Å². The van der Waals surface area contributed by atoms with Crippen LogP contribution in [0.2, 0.25) is 0 Å². The molecule has 1 aliphatic rings. The SMILES string of the molecule is CCN1C/C(=C/c2ccc3ccccc3c2)c2nc3ccccc3c(C(=O)O)c2C1. The summed E-state index contributed by atoms with van der Waals surface area (Å²) in [6, 6.07) is 22.2. The first-order valence-electron chi connectivity index (χ1n) is 10.2. The van der Waals surface area contributed by atoms with E-state index in [9.17, 15) is 9.90 Å². The fraction of sp³-hybridized carbons (Fsp3) is 0.154. The van der Waals surface area contributed by atoms with Gasteiger partial charge in [-0.15, -0.1) is 0 Å². The van der Waals surface area contributed by atoms with E-state index in [1.807, 2.05) is 36.4 Å². The van der Waals surface area contributed by atoms with Gasteiger partial charge >= 0.3 is 5.97 Å². The Labute approximate surface area is 175 Å². The molecule has 1 aliphatic heterocycles. The predicted octanol–water partition coefficient (Wildman–Crippen LogP) is 5.46. The zero-order valence-corrected chi connectivity index (χ0v) is 16.8. The second-order valence-corrected chi connectivity index (χ2v) is 7.72. The summed E-state index contributed by atoms with van der Waals surface area (Å²) in [6.07, 6.45) is 2.15. The van der Waals surface area contributed by atoms with Crippen LogP contribution in [-0.2, 0) is 6.54 Å². The van der Waals surface area contributed by atoms with Crippen LogP contribution < -0.4 is 0 Å². The Morgan fingerprint density at radius 2 is 1.80 bits per heavy atom. The lowest BCUT2D eigenvalue weighted by Crippen LogP contribution is -2.31. The van der Waals surface area contributed by atoms with Crippen molar-refractivity contribution in [2.45, 2.75) is 13.5 Å². The third-order valence-corrected chi connectivity index (χ3v) is 5.85. The number of carbonyl (C=O) groups is 1. The second kappa shape index (κ2) is 7.39. The number of hydrogen-bond acceptors (Lipinski definition) is 3. The monoisotopic (exact) mass is 394 g/mol. The number of rotatable bonds is 3. The molecule has 148 valence electrons. The Morgan fingerprint density at radius 3 is 2.60 bits per heavy atom. The van der Waals surface area contributed by atoms with Crippen LogP contribution in [0.4, 0.5) is 0 Å². The predicted molar refractivity (Wildman–Crippen MR) is 121 cm³/mol. The lowest BCUT2D eigenvalue weighted by molar-refractivity contribution is 0.0696. The molecule has 0 radical (unpaired) electrons. The number of hydrogen-bond donors (Lipinski definition) is 1. The lowest BCUT2D eigenvalue weighted by Gasteiger charge is -2.30. The molecule has 0 aliphatic carbocycles. The van der Waals surface area contributed by atoms with Crippen LogP contribution in [0, 0.1) is 0 Å². The third-order valence-electron chi connectivity index (χ3n) is 5.85. The highest BCUT2D eigenvalue weighted by molar-refractivity contribution is 6.06. The van der Waals surface area contributed by atoms with Gasteiger partial charge in [0.1, 0.15) is 0 Å². The van der Waals surface area contributed by atoms with Crippen LogP contribution in [0.5, 0.6) is 0 Å². The molecule has 4 heteroatoms. The van der Waals surface area contributed by atoms with Crippen LogP contribution in [-0.4, -0.2) is 34.0 Å². The van der Waals surface area contributed by atoms with E-state index in [1.165, 1.54) is 10.8 Å². The quantitative estimate of drug-likeness (QED) is 0.501. The van der Waals surface area contributed by atoms with Crippen molar-refractivity contribution in [1.29, 1.82) is 0 Å². The zero-order valence-electron chi connectivity index (χ0n) is 16.8. The van der Waals surface area contributed by atoms with Gasteiger partial charge < -0.3 is 5.11 Å². The number of likely N-dealkylation sites (N-methyl/N-ethyl adjacent to an activating group) is 1. The highest BCUT2D eigenvalue weighted by Gasteiger charge is 2.27. The first-order chi connectivity index (χ1) is 14.6. The van der Waals surface area contributed by atoms with Gasteiger partial charge in [0.2, 0.25) is 0 Å². The molecule has 0 amide bonds. The molecular weight excluding hydrogens is 372 g/mol. The summed E-state index contributed by atoms with van der Waals surface area (Å²) in [5, 5.41) is 13.1. The van der Waals surface area contributed by atoms with Crippen molar-refractivity contribution in [3.05, 3.63) is 89.1 Å². The number of carboxylic acids is 1. The first kappa shape index (κ1) is 18.5. The topological polar surface area (TPSA) is 53.4 Å². The Kier molecular flexibility index (Phi) is 4.57. The van der Waals surface area contributed by atoms with Crippen LogP contribution in [0.1, 0.15) is 34.1 Å². The minimum Gasteiger partial charge on any atom is -0.478 e. The summed E-state index contributed by atoms with van der Waals surface area (Å²) in [4.78, 5) is 19.4. The van der Waals surface area contributed by atoms with Gasteiger partial charge in [0, 0.05) is 24.0 Å². The Morgan fingerprint density at radius 1 is 1.03 bits per heavy atom. The van der Waals surface area contributed by atoms with E-state index in [4.69, 9.17) is 4.98 Å². The van der Waals surface area contributed by atoms with Crippen LogP contribution in [0.3, 0.4) is 0 Å². The van der Waals surface area contributed by atoms with Crippen molar-refractivity contribution in [2.24, 2.45) is 0 Å². The Balaban J connectivity index is 1.74. The fourth-order valence-electron chi connectivity index (χ4n) is 4.35. The number of nitrogens with zero attached hydrogens (tertiary/aromatic N) is 2. The lowest BCUT2D eigenvalue weighted by atomic mass is 9.92. The van der Waals surface area contributed by atoms with Crippen LogP contribution in [0.15, 0.2) is 66.7 Å². The van der Waals surface area contributed by atoms with Gasteiger partial charge in [0.25, 0.3) is 0 Å². The number of fused-ring (bicyclic) bond motifs is 3. The smallest absolute Gasteiger partial charge is 0.336 e. The summed E-state index contributed by atoms with van der Waals surface area (Å²) >= 11 is 0. The number of carboxylic acid groups (broad SMARTS) is 1. The van der Waals surface area contributed by atoms with Crippen LogP contribution >= 0.6 is 0 Å². The molecule has 30 heavy (non-hydrogen) atoms. The van der Waals surface area contributed by atoms with Gasteiger partial charge in [0.15, 0.2) is 0 Å². The normalized spacial score (nSPS) is 15.6. The van der Waals surface area contributed by atoms with Crippen molar-refractivity contribution < 1.29 is 9.90 Å². The van der Waals surface area contributed by atoms with Gasteiger partial charge in [-0.05, 0) is 46.7 Å². The number of benzene rings is 3. The summed E-state index contributed by atoms with van der Waals surface area (Å²) in [5.41, 5.74) is 4.87.